The highest BCUT2D eigenvalue weighted by Crippen LogP contribution is 2.19. The highest BCUT2D eigenvalue weighted by atomic mass is 79.9. The molecular weight excluding hydrogens is 249 g/mol. The highest BCUT2D eigenvalue weighted by molar-refractivity contribution is 9.09. The number of hydrogen-bond acceptors (Lipinski definition) is 2. The minimum absolute atomic E-state index is 0.280. The maximum Gasteiger partial charge on any atom is 0.169 e. The predicted octanol–water partition coefficient (Wildman–Crippen LogP) is 2.32. The molecule has 0 aliphatic carbocycles. The molecular formula is C10H13BrFNO. The van der Waals surface area contributed by atoms with E-state index in [0.717, 1.165) is 11.9 Å². The largest absolute Gasteiger partial charge is 0.494 e. The Morgan fingerprint density at radius 2 is 2.29 bits per heavy atom. The van der Waals surface area contributed by atoms with E-state index in [1.54, 1.807) is 18.2 Å². The molecule has 0 aliphatic rings. The molecule has 0 spiro atoms. The molecule has 0 saturated heterocycles. The summed E-state index contributed by atoms with van der Waals surface area (Å²) < 4.78 is 18.4. The number of halogens is 2. The molecule has 0 fully saturated rings. The maximum absolute atomic E-state index is 13.5. The average molecular weight is 262 g/mol. The van der Waals surface area contributed by atoms with Crippen LogP contribution in [0.2, 0.25) is 0 Å². The summed E-state index contributed by atoms with van der Waals surface area (Å²) in [5, 5.41) is 3.96. The number of benzene rings is 1. The van der Waals surface area contributed by atoms with E-state index >= 15 is 0 Å². The summed E-state index contributed by atoms with van der Waals surface area (Å²) in [4.78, 5) is 0. The van der Waals surface area contributed by atoms with Crippen molar-refractivity contribution >= 4 is 15.9 Å². The van der Waals surface area contributed by atoms with Crippen LogP contribution in [0.5, 0.6) is 5.75 Å². The monoisotopic (exact) mass is 261 g/mol. The van der Waals surface area contributed by atoms with Gasteiger partial charge < -0.3 is 10.1 Å². The Morgan fingerprint density at radius 1 is 1.50 bits per heavy atom. The quantitative estimate of drug-likeness (QED) is 0.649. The Balaban J connectivity index is 2.66. The van der Waals surface area contributed by atoms with Crippen LogP contribution in [0.1, 0.15) is 5.56 Å². The summed E-state index contributed by atoms with van der Waals surface area (Å²) in [6.45, 7) is 1.34. The molecule has 1 N–H and O–H groups in total. The fourth-order valence-electron chi connectivity index (χ4n) is 1.14. The van der Waals surface area contributed by atoms with Crippen LogP contribution in [-0.4, -0.2) is 19.0 Å². The van der Waals surface area contributed by atoms with Gasteiger partial charge in [-0.05, 0) is 6.07 Å². The van der Waals surface area contributed by atoms with Crippen LogP contribution < -0.4 is 10.1 Å². The van der Waals surface area contributed by atoms with Crippen LogP contribution >= 0.6 is 15.9 Å². The van der Waals surface area contributed by atoms with Crippen molar-refractivity contribution in [1.82, 2.24) is 5.32 Å². The Kier molecular flexibility index (Phi) is 4.90. The van der Waals surface area contributed by atoms with Crippen LogP contribution in [0, 0.1) is 5.82 Å². The molecule has 0 aliphatic heterocycles. The number of ether oxygens (including phenoxy) is 1. The predicted molar refractivity (Wildman–Crippen MR) is 58.5 cm³/mol. The SMILES string of the molecule is COc1cccc(CNCCBr)c1F. The smallest absolute Gasteiger partial charge is 0.169 e. The van der Waals surface area contributed by atoms with Crippen LogP contribution in [0.25, 0.3) is 0 Å². The van der Waals surface area contributed by atoms with Crippen LogP contribution in [0.4, 0.5) is 4.39 Å². The molecule has 78 valence electrons. The van der Waals surface area contributed by atoms with Crippen molar-refractivity contribution < 1.29 is 9.13 Å². The van der Waals surface area contributed by atoms with Gasteiger partial charge in [0.1, 0.15) is 0 Å². The van der Waals surface area contributed by atoms with E-state index < -0.39 is 0 Å². The molecule has 1 aromatic rings. The zero-order valence-electron chi connectivity index (χ0n) is 8.02. The lowest BCUT2D eigenvalue weighted by molar-refractivity contribution is 0.383. The third-order valence-electron chi connectivity index (χ3n) is 1.85. The van der Waals surface area contributed by atoms with Gasteiger partial charge in [-0.2, -0.15) is 0 Å². The molecule has 0 atom stereocenters. The van der Waals surface area contributed by atoms with Crippen molar-refractivity contribution in [3.05, 3.63) is 29.6 Å². The number of methoxy groups -OCH3 is 1. The highest BCUT2D eigenvalue weighted by Gasteiger charge is 2.06. The summed E-state index contributed by atoms with van der Waals surface area (Å²) in [5.41, 5.74) is 0.630. The third-order valence-corrected chi connectivity index (χ3v) is 2.25. The fraction of sp³-hybridized carbons (Fsp3) is 0.400. The van der Waals surface area contributed by atoms with Gasteiger partial charge in [-0.25, -0.2) is 4.39 Å². The number of alkyl halides is 1. The molecule has 0 heterocycles. The second kappa shape index (κ2) is 5.98. The molecule has 0 unspecified atom stereocenters. The zero-order chi connectivity index (χ0) is 10.4. The van der Waals surface area contributed by atoms with Gasteiger partial charge in [0.25, 0.3) is 0 Å². The number of nitrogens with one attached hydrogen (secondary N) is 1. The number of hydrogen-bond donors (Lipinski definition) is 1. The van der Waals surface area contributed by atoms with Crippen molar-refractivity contribution in [2.24, 2.45) is 0 Å². The fourth-order valence-corrected chi connectivity index (χ4v) is 1.42. The Morgan fingerprint density at radius 3 is 2.93 bits per heavy atom. The van der Waals surface area contributed by atoms with E-state index in [4.69, 9.17) is 4.74 Å². The van der Waals surface area contributed by atoms with Gasteiger partial charge in [-0.15, -0.1) is 0 Å². The van der Waals surface area contributed by atoms with Crippen molar-refractivity contribution in [2.45, 2.75) is 6.54 Å². The van der Waals surface area contributed by atoms with E-state index in [1.165, 1.54) is 7.11 Å². The van der Waals surface area contributed by atoms with Gasteiger partial charge in [0.15, 0.2) is 11.6 Å². The molecule has 1 rings (SSSR count). The van der Waals surface area contributed by atoms with Gasteiger partial charge in [0.2, 0.25) is 0 Å². The first kappa shape index (κ1) is 11.5. The van der Waals surface area contributed by atoms with E-state index in [0.29, 0.717) is 17.9 Å². The molecule has 0 saturated carbocycles. The first-order chi connectivity index (χ1) is 6.79. The molecule has 0 amide bonds. The lowest BCUT2D eigenvalue weighted by Crippen LogP contribution is -2.16. The third kappa shape index (κ3) is 2.96. The Labute approximate surface area is 91.6 Å². The maximum atomic E-state index is 13.5. The summed E-state index contributed by atoms with van der Waals surface area (Å²) in [6, 6.07) is 5.15. The van der Waals surface area contributed by atoms with Crippen LogP contribution in [0.3, 0.4) is 0 Å². The lowest BCUT2D eigenvalue weighted by Gasteiger charge is -2.07. The summed E-state index contributed by atoms with van der Waals surface area (Å²) in [5.74, 6) is 0.0141. The molecule has 0 bridgehead atoms. The second-order valence-corrected chi connectivity index (χ2v) is 3.59. The Hall–Kier alpha value is -0.610. The molecule has 4 heteroatoms. The Bertz CT molecular complexity index is 293. The zero-order valence-corrected chi connectivity index (χ0v) is 9.60. The average Bonchev–Trinajstić information content (AvgIpc) is 2.21. The minimum atomic E-state index is -0.280. The lowest BCUT2D eigenvalue weighted by atomic mass is 10.2. The van der Waals surface area contributed by atoms with E-state index in [-0.39, 0.29) is 5.82 Å². The van der Waals surface area contributed by atoms with E-state index in [9.17, 15) is 4.39 Å². The molecule has 0 radical (unpaired) electrons. The van der Waals surface area contributed by atoms with Gasteiger partial charge >= 0.3 is 0 Å². The minimum Gasteiger partial charge on any atom is -0.494 e. The summed E-state index contributed by atoms with van der Waals surface area (Å²) in [7, 11) is 1.47. The van der Waals surface area contributed by atoms with Gasteiger partial charge in [0, 0.05) is 24.0 Å². The van der Waals surface area contributed by atoms with Crippen LogP contribution in [-0.2, 0) is 6.54 Å². The molecule has 2 nitrogen and oxygen atoms in total. The standard InChI is InChI=1S/C10H13BrFNO/c1-14-9-4-2-3-8(10(9)12)7-13-6-5-11/h2-4,13H,5-7H2,1H3. The topological polar surface area (TPSA) is 21.3 Å². The number of rotatable bonds is 5. The first-order valence-electron chi connectivity index (χ1n) is 4.37. The second-order valence-electron chi connectivity index (χ2n) is 2.80. The van der Waals surface area contributed by atoms with E-state index in [1.807, 2.05) is 0 Å². The van der Waals surface area contributed by atoms with Crippen molar-refractivity contribution in [3.63, 3.8) is 0 Å². The molecule has 1 aromatic carbocycles. The summed E-state index contributed by atoms with van der Waals surface area (Å²) in [6.07, 6.45) is 0. The van der Waals surface area contributed by atoms with Crippen molar-refractivity contribution in [3.8, 4) is 5.75 Å². The summed E-state index contributed by atoms with van der Waals surface area (Å²) >= 11 is 3.29. The normalized spacial score (nSPS) is 10.2. The van der Waals surface area contributed by atoms with Gasteiger partial charge in [0.05, 0.1) is 7.11 Å². The first-order valence-corrected chi connectivity index (χ1v) is 5.49. The van der Waals surface area contributed by atoms with Gasteiger partial charge in [-0.3, -0.25) is 0 Å². The van der Waals surface area contributed by atoms with Crippen LogP contribution in [0.15, 0.2) is 18.2 Å². The molecule has 14 heavy (non-hydrogen) atoms. The molecule has 0 aromatic heterocycles. The van der Waals surface area contributed by atoms with Crippen molar-refractivity contribution in [2.75, 3.05) is 19.0 Å². The van der Waals surface area contributed by atoms with Gasteiger partial charge in [-0.1, -0.05) is 28.1 Å². The van der Waals surface area contributed by atoms with E-state index in [2.05, 4.69) is 21.2 Å². The van der Waals surface area contributed by atoms with Crippen molar-refractivity contribution in [1.29, 1.82) is 0 Å².